The topological polar surface area (TPSA) is 78.5 Å². The number of benzene rings is 3. The van der Waals surface area contributed by atoms with Crippen molar-refractivity contribution in [3.8, 4) is 0 Å². The maximum Gasteiger partial charge on any atom is 0.416 e. The Labute approximate surface area is 215 Å². The van der Waals surface area contributed by atoms with Crippen molar-refractivity contribution in [3.63, 3.8) is 0 Å². The number of carbonyl (C=O) groups is 3. The number of anilines is 3. The number of nitrogens with zero attached hydrogens (tertiary/aromatic N) is 1. The first kappa shape index (κ1) is 26.0. The van der Waals surface area contributed by atoms with Gasteiger partial charge in [-0.15, -0.1) is 0 Å². The molecule has 0 aliphatic carbocycles. The predicted octanol–water partition coefficient (Wildman–Crippen LogP) is 6.52. The molecule has 0 spiro atoms. The largest absolute Gasteiger partial charge is 0.416 e. The zero-order chi connectivity index (χ0) is 26.9. The molecule has 0 saturated carbocycles. The molecule has 0 bridgehead atoms. The molecule has 0 radical (unpaired) electrons. The molecule has 0 fully saturated rings. The van der Waals surface area contributed by atoms with Gasteiger partial charge in [-0.2, -0.15) is 13.2 Å². The molecule has 1 heterocycles. The number of imide groups is 1. The SMILES string of the molecule is CC(C)c1ccc(N2C(=O)C(Cl)=C(Nc3cccc(C(=O)Nc4cccc(C(F)(F)F)c4)c3)C2=O)cc1. The molecule has 4 rings (SSSR count). The monoisotopic (exact) mass is 527 g/mol. The zero-order valence-electron chi connectivity index (χ0n) is 19.7. The number of carbonyl (C=O) groups excluding carboxylic acids is 3. The van der Waals surface area contributed by atoms with Crippen molar-refractivity contribution in [1.82, 2.24) is 0 Å². The van der Waals surface area contributed by atoms with E-state index in [4.69, 9.17) is 11.6 Å². The fourth-order valence-electron chi connectivity index (χ4n) is 3.71. The molecule has 3 amide bonds. The van der Waals surface area contributed by atoms with E-state index in [1.165, 1.54) is 30.3 Å². The highest BCUT2D eigenvalue weighted by atomic mass is 35.5. The Morgan fingerprint density at radius 1 is 0.892 bits per heavy atom. The van der Waals surface area contributed by atoms with Crippen LogP contribution in [0.3, 0.4) is 0 Å². The number of nitrogens with one attached hydrogen (secondary N) is 2. The lowest BCUT2D eigenvalue weighted by molar-refractivity contribution is -0.137. The summed E-state index contributed by atoms with van der Waals surface area (Å²) in [7, 11) is 0. The third kappa shape index (κ3) is 5.51. The van der Waals surface area contributed by atoms with Gasteiger partial charge in [0.25, 0.3) is 17.7 Å². The maximum absolute atomic E-state index is 13.1. The summed E-state index contributed by atoms with van der Waals surface area (Å²) < 4.78 is 38.9. The predicted molar refractivity (Wildman–Crippen MR) is 135 cm³/mol. The second-order valence-corrected chi connectivity index (χ2v) is 9.00. The summed E-state index contributed by atoms with van der Waals surface area (Å²) in [6.07, 6.45) is -4.55. The van der Waals surface area contributed by atoms with Crippen molar-refractivity contribution in [3.05, 3.63) is 100 Å². The summed E-state index contributed by atoms with van der Waals surface area (Å²) in [5.41, 5.74) is 0.717. The van der Waals surface area contributed by atoms with Gasteiger partial charge in [-0.05, 0) is 60.0 Å². The van der Waals surface area contributed by atoms with Gasteiger partial charge in [0.1, 0.15) is 10.7 Å². The summed E-state index contributed by atoms with van der Waals surface area (Å²) >= 11 is 6.19. The highest BCUT2D eigenvalue weighted by Crippen LogP contribution is 2.32. The molecule has 10 heteroatoms. The van der Waals surface area contributed by atoms with Crippen LogP contribution in [0.2, 0.25) is 0 Å². The van der Waals surface area contributed by atoms with Gasteiger partial charge in [0.15, 0.2) is 0 Å². The molecule has 0 saturated heterocycles. The Bertz CT molecular complexity index is 1420. The Balaban J connectivity index is 1.51. The third-order valence-corrected chi connectivity index (χ3v) is 6.04. The van der Waals surface area contributed by atoms with Crippen molar-refractivity contribution in [2.24, 2.45) is 0 Å². The van der Waals surface area contributed by atoms with Gasteiger partial charge >= 0.3 is 6.18 Å². The van der Waals surface area contributed by atoms with Crippen molar-refractivity contribution < 1.29 is 27.6 Å². The third-order valence-electron chi connectivity index (χ3n) is 5.69. The van der Waals surface area contributed by atoms with Crippen LogP contribution in [0.1, 0.15) is 41.3 Å². The van der Waals surface area contributed by atoms with E-state index < -0.39 is 29.5 Å². The number of alkyl halides is 3. The molecule has 190 valence electrons. The van der Waals surface area contributed by atoms with Crippen molar-refractivity contribution in [2.75, 3.05) is 15.5 Å². The van der Waals surface area contributed by atoms with Crippen LogP contribution >= 0.6 is 11.6 Å². The molecule has 1 aliphatic rings. The number of rotatable bonds is 6. The van der Waals surface area contributed by atoms with E-state index in [-0.39, 0.29) is 33.6 Å². The van der Waals surface area contributed by atoms with Crippen LogP contribution in [0.25, 0.3) is 0 Å². The van der Waals surface area contributed by atoms with Gasteiger partial charge in [0, 0.05) is 16.9 Å². The average Bonchev–Trinajstić information content (AvgIpc) is 3.07. The first-order chi connectivity index (χ1) is 17.5. The molecular formula is C27H21ClF3N3O3. The lowest BCUT2D eigenvalue weighted by Gasteiger charge is -2.16. The van der Waals surface area contributed by atoms with E-state index in [0.29, 0.717) is 5.69 Å². The van der Waals surface area contributed by atoms with Crippen LogP contribution in [0.15, 0.2) is 83.5 Å². The van der Waals surface area contributed by atoms with Crippen LogP contribution in [-0.4, -0.2) is 17.7 Å². The quantitative estimate of drug-likeness (QED) is 0.358. The Morgan fingerprint density at radius 2 is 1.54 bits per heavy atom. The summed E-state index contributed by atoms with van der Waals surface area (Å²) in [5, 5.41) is 4.91. The first-order valence-electron chi connectivity index (χ1n) is 11.2. The fourth-order valence-corrected chi connectivity index (χ4v) is 3.93. The standard InChI is InChI=1S/C27H21ClF3N3O3/c1-15(2)16-9-11-21(12-10-16)34-25(36)22(28)23(26(34)37)32-19-7-3-5-17(13-19)24(35)33-20-8-4-6-18(14-20)27(29,30)31/h3-15,32H,1-2H3,(H,33,35). The zero-order valence-corrected chi connectivity index (χ0v) is 20.4. The van der Waals surface area contributed by atoms with Gasteiger partial charge in [-0.3, -0.25) is 14.4 Å². The minimum Gasteiger partial charge on any atom is -0.350 e. The van der Waals surface area contributed by atoms with Crippen molar-refractivity contribution in [2.45, 2.75) is 25.9 Å². The average molecular weight is 528 g/mol. The fraction of sp³-hybridized carbons (Fsp3) is 0.148. The molecule has 6 nitrogen and oxygen atoms in total. The Hall–Kier alpha value is -4.11. The van der Waals surface area contributed by atoms with Gasteiger partial charge in [0.2, 0.25) is 0 Å². The van der Waals surface area contributed by atoms with Crippen LogP contribution in [0, 0.1) is 0 Å². The van der Waals surface area contributed by atoms with Crippen LogP contribution in [0.4, 0.5) is 30.2 Å². The number of hydrogen-bond donors (Lipinski definition) is 2. The van der Waals surface area contributed by atoms with Crippen molar-refractivity contribution >= 4 is 46.4 Å². The van der Waals surface area contributed by atoms with E-state index in [9.17, 15) is 27.6 Å². The van der Waals surface area contributed by atoms with E-state index in [1.54, 1.807) is 18.2 Å². The van der Waals surface area contributed by atoms with Gasteiger partial charge in [-0.25, -0.2) is 4.90 Å². The molecule has 1 aliphatic heterocycles. The number of amides is 3. The van der Waals surface area contributed by atoms with Gasteiger partial charge in [-0.1, -0.05) is 49.7 Å². The summed E-state index contributed by atoms with van der Waals surface area (Å²) in [6, 6.07) is 17.1. The maximum atomic E-state index is 13.1. The lowest BCUT2D eigenvalue weighted by Crippen LogP contribution is -2.32. The van der Waals surface area contributed by atoms with E-state index in [2.05, 4.69) is 10.6 Å². The van der Waals surface area contributed by atoms with Crippen LogP contribution < -0.4 is 15.5 Å². The molecule has 3 aromatic rings. The van der Waals surface area contributed by atoms with E-state index in [0.717, 1.165) is 22.6 Å². The second-order valence-electron chi connectivity index (χ2n) is 8.62. The Morgan fingerprint density at radius 3 is 2.19 bits per heavy atom. The Kier molecular flexibility index (Phi) is 7.09. The molecule has 3 aromatic carbocycles. The van der Waals surface area contributed by atoms with Crippen LogP contribution in [0.5, 0.6) is 0 Å². The first-order valence-corrected chi connectivity index (χ1v) is 11.6. The second kappa shape index (κ2) is 10.1. The van der Waals surface area contributed by atoms with Gasteiger partial charge in [0.05, 0.1) is 11.3 Å². The molecule has 37 heavy (non-hydrogen) atoms. The number of halogens is 4. The lowest BCUT2D eigenvalue weighted by atomic mass is 10.0. The van der Waals surface area contributed by atoms with E-state index >= 15 is 0 Å². The smallest absolute Gasteiger partial charge is 0.350 e. The summed E-state index contributed by atoms with van der Waals surface area (Å²) in [6.45, 7) is 4.05. The van der Waals surface area contributed by atoms with Gasteiger partial charge < -0.3 is 10.6 Å². The minimum atomic E-state index is -4.55. The highest BCUT2D eigenvalue weighted by molar-refractivity contribution is 6.53. The van der Waals surface area contributed by atoms with Crippen LogP contribution in [-0.2, 0) is 15.8 Å². The highest BCUT2D eigenvalue weighted by Gasteiger charge is 2.39. The van der Waals surface area contributed by atoms with E-state index in [1.807, 2.05) is 26.0 Å². The summed E-state index contributed by atoms with van der Waals surface area (Å²) in [4.78, 5) is 39.4. The summed E-state index contributed by atoms with van der Waals surface area (Å²) in [5.74, 6) is -1.74. The van der Waals surface area contributed by atoms with Crippen molar-refractivity contribution in [1.29, 1.82) is 0 Å². The molecule has 0 atom stereocenters. The molecule has 0 aromatic heterocycles. The molecular weight excluding hydrogens is 507 g/mol. The number of hydrogen-bond acceptors (Lipinski definition) is 4. The molecule has 0 unspecified atom stereocenters. The molecule has 2 N–H and O–H groups in total. The normalized spacial score (nSPS) is 14.0. The minimum absolute atomic E-state index is 0.0281.